The van der Waals surface area contributed by atoms with E-state index in [9.17, 15) is 4.39 Å². The summed E-state index contributed by atoms with van der Waals surface area (Å²) < 4.78 is 19.0. The molecule has 1 saturated heterocycles. The van der Waals surface area contributed by atoms with E-state index in [0.29, 0.717) is 11.7 Å². The molecule has 2 nitrogen and oxygen atoms in total. The second kappa shape index (κ2) is 4.83. The molecule has 3 heteroatoms. The summed E-state index contributed by atoms with van der Waals surface area (Å²) in [5.74, 6) is 0.724. The lowest BCUT2D eigenvalue weighted by Crippen LogP contribution is -2.11. The minimum absolute atomic E-state index is 0.194. The predicted molar refractivity (Wildman–Crippen MR) is 62.4 cm³/mol. The van der Waals surface area contributed by atoms with Crippen molar-refractivity contribution in [1.29, 1.82) is 0 Å². The molecule has 1 aliphatic rings. The molecule has 0 saturated carbocycles. The van der Waals surface area contributed by atoms with Crippen molar-refractivity contribution < 1.29 is 9.13 Å². The van der Waals surface area contributed by atoms with Crippen molar-refractivity contribution in [3.8, 4) is 5.75 Å². The molecule has 1 aliphatic heterocycles. The third-order valence-corrected chi connectivity index (χ3v) is 3.15. The molecule has 0 bridgehead atoms. The summed E-state index contributed by atoms with van der Waals surface area (Å²) in [6, 6.07) is 3.67. The Morgan fingerprint density at radius 2 is 2.31 bits per heavy atom. The van der Waals surface area contributed by atoms with Gasteiger partial charge in [-0.1, -0.05) is 6.07 Å². The van der Waals surface area contributed by atoms with E-state index in [-0.39, 0.29) is 5.82 Å². The van der Waals surface area contributed by atoms with Gasteiger partial charge >= 0.3 is 0 Å². The number of methoxy groups -OCH3 is 1. The van der Waals surface area contributed by atoms with Crippen LogP contribution in [0, 0.1) is 18.7 Å². The average Bonchev–Trinajstić information content (AvgIpc) is 2.75. The first-order valence-electron chi connectivity index (χ1n) is 5.74. The van der Waals surface area contributed by atoms with Crippen LogP contribution in [0.1, 0.15) is 17.5 Å². The van der Waals surface area contributed by atoms with Crippen molar-refractivity contribution in [2.45, 2.75) is 19.8 Å². The average molecular weight is 223 g/mol. The van der Waals surface area contributed by atoms with Gasteiger partial charge in [0.15, 0.2) is 11.6 Å². The second-order valence-electron chi connectivity index (χ2n) is 4.50. The Bertz CT molecular complexity index is 372. The van der Waals surface area contributed by atoms with Gasteiger partial charge in [-0.15, -0.1) is 0 Å². The molecule has 16 heavy (non-hydrogen) atoms. The number of halogens is 1. The monoisotopic (exact) mass is 223 g/mol. The van der Waals surface area contributed by atoms with Crippen LogP contribution < -0.4 is 10.1 Å². The molecule has 0 aliphatic carbocycles. The largest absolute Gasteiger partial charge is 0.494 e. The van der Waals surface area contributed by atoms with Crippen molar-refractivity contribution in [3.05, 3.63) is 29.1 Å². The van der Waals surface area contributed by atoms with E-state index in [1.54, 1.807) is 6.07 Å². The van der Waals surface area contributed by atoms with Gasteiger partial charge in [0.2, 0.25) is 0 Å². The Kier molecular flexibility index (Phi) is 3.44. The molecule has 0 spiro atoms. The molecule has 1 N–H and O–H groups in total. The van der Waals surface area contributed by atoms with Crippen molar-refractivity contribution in [3.63, 3.8) is 0 Å². The summed E-state index contributed by atoms with van der Waals surface area (Å²) in [5, 5.41) is 3.30. The minimum Gasteiger partial charge on any atom is -0.494 e. The first-order chi connectivity index (χ1) is 7.70. The van der Waals surface area contributed by atoms with E-state index in [1.807, 2.05) is 13.0 Å². The summed E-state index contributed by atoms with van der Waals surface area (Å²) in [4.78, 5) is 0. The molecule has 1 aromatic rings. The molecular weight excluding hydrogens is 205 g/mol. The molecule has 0 aromatic heterocycles. The molecule has 1 atom stereocenters. The topological polar surface area (TPSA) is 21.3 Å². The van der Waals surface area contributed by atoms with Crippen molar-refractivity contribution in [2.24, 2.45) is 5.92 Å². The van der Waals surface area contributed by atoms with Crippen molar-refractivity contribution in [2.75, 3.05) is 20.2 Å². The number of nitrogens with one attached hydrogen (secondary N) is 1. The Balaban J connectivity index is 2.21. The molecule has 1 heterocycles. The molecular formula is C13H18FNO. The molecule has 1 aromatic carbocycles. The van der Waals surface area contributed by atoms with Crippen LogP contribution in [0.4, 0.5) is 4.39 Å². The molecule has 1 unspecified atom stereocenters. The minimum atomic E-state index is -0.194. The maximum atomic E-state index is 14.0. The van der Waals surface area contributed by atoms with E-state index in [4.69, 9.17) is 4.74 Å². The number of aryl methyl sites for hydroxylation is 1. The number of benzene rings is 1. The maximum absolute atomic E-state index is 14.0. The first-order valence-corrected chi connectivity index (χ1v) is 5.74. The number of rotatable bonds is 3. The fourth-order valence-electron chi connectivity index (χ4n) is 2.30. The van der Waals surface area contributed by atoms with Crippen LogP contribution in [-0.2, 0) is 6.42 Å². The van der Waals surface area contributed by atoms with E-state index in [0.717, 1.165) is 37.1 Å². The van der Waals surface area contributed by atoms with Crippen molar-refractivity contribution in [1.82, 2.24) is 5.32 Å². The third kappa shape index (κ3) is 2.35. The fraction of sp³-hybridized carbons (Fsp3) is 0.538. The molecule has 88 valence electrons. The van der Waals surface area contributed by atoms with Crippen LogP contribution in [-0.4, -0.2) is 20.2 Å². The van der Waals surface area contributed by atoms with Crippen molar-refractivity contribution >= 4 is 0 Å². The molecule has 0 amide bonds. The quantitative estimate of drug-likeness (QED) is 0.849. The van der Waals surface area contributed by atoms with E-state index in [1.165, 1.54) is 7.11 Å². The number of ether oxygens (including phenoxy) is 1. The van der Waals surface area contributed by atoms with Crippen LogP contribution in [0.25, 0.3) is 0 Å². The van der Waals surface area contributed by atoms with Gasteiger partial charge in [-0.25, -0.2) is 4.39 Å². The van der Waals surface area contributed by atoms with E-state index >= 15 is 0 Å². The standard InChI is InChI=1S/C13H18FNO/c1-9-5-11(7-10-3-4-15-8-10)13(14)12(6-9)16-2/h5-6,10,15H,3-4,7-8H2,1-2H3. The van der Waals surface area contributed by atoms with E-state index in [2.05, 4.69) is 5.32 Å². The predicted octanol–water partition coefficient (Wildman–Crippen LogP) is 2.29. The SMILES string of the molecule is COc1cc(C)cc(CC2CCNC2)c1F. The lowest BCUT2D eigenvalue weighted by molar-refractivity contribution is 0.382. The van der Waals surface area contributed by atoms with Gasteiger partial charge in [-0.2, -0.15) is 0 Å². The molecule has 2 rings (SSSR count). The Morgan fingerprint density at radius 1 is 1.50 bits per heavy atom. The Morgan fingerprint density at radius 3 is 2.94 bits per heavy atom. The zero-order valence-electron chi connectivity index (χ0n) is 9.85. The van der Waals surface area contributed by atoms with Crippen LogP contribution in [0.15, 0.2) is 12.1 Å². The molecule has 0 radical (unpaired) electrons. The van der Waals surface area contributed by atoms with Gasteiger partial charge in [0.25, 0.3) is 0 Å². The summed E-state index contributed by atoms with van der Waals surface area (Å²) >= 11 is 0. The highest BCUT2D eigenvalue weighted by Crippen LogP contribution is 2.26. The second-order valence-corrected chi connectivity index (χ2v) is 4.50. The van der Waals surface area contributed by atoms with Crippen LogP contribution in [0.3, 0.4) is 0 Å². The Labute approximate surface area is 95.8 Å². The van der Waals surface area contributed by atoms with Gasteiger partial charge in [0, 0.05) is 0 Å². The van der Waals surface area contributed by atoms with Gasteiger partial charge in [-0.05, 0) is 56.0 Å². The summed E-state index contributed by atoms with van der Waals surface area (Å²) in [5.41, 5.74) is 1.84. The highest BCUT2D eigenvalue weighted by atomic mass is 19.1. The van der Waals surface area contributed by atoms with Gasteiger partial charge < -0.3 is 10.1 Å². The summed E-state index contributed by atoms with van der Waals surface area (Å²) in [6.07, 6.45) is 1.94. The smallest absolute Gasteiger partial charge is 0.168 e. The third-order valence-electron chi connectivity index (χ3n) is 3.15. The van der Waals surface area contributed by atoms with Crippen LogP contribution in [0.2, 0.25) is 0 Å². The maximum Gasteiger partial charge on any atom is 0.168 e. The van der Waals surface area contributed by atoms with E-state index < -0.39 is 0 Å². The Hall–Kier alpha value is -1.09. The fourth-order valence-corrected chi connectivity index (χ4v) is 2.30. The lowest BCUT2D eigenvalue weighted by Gasteiger charge is -2.12. The van der Waals surface area contributed by atoms with Crippen LogP contribution in [0.5, 0.6) is 5.75 Å². The molecule has 1 fully saturated rings. The highest BCUT2D eigenvalue weighted by molar-refractivity contribution is 5.36. The number of hydrogen-bond donors (Lipinski definition) is 1. The summed E-state index contributed by atoms with van der Waals surface area (Å²) in [6.45, 7) is 4.02. The normalized spacial score (nSPS) is 20.1. The zero-order chi connectivity index (χ0) is 11.5. The van der Waals surface area contributed by atoms with Gasteiger partial charge in [-0.3, -0.25) is 0 Å². The lowest BCUT2D eigenvalue weighted by atomic mass is 9.97. The summed E-state index contributed by atoms with van der Waals surface area (Å²) in [7, 11) is 1.51. The van der Waals surface area contributed by atoms with Crippen LogP contribution >= 0.6 is 0 Å². The number of hydrogen-bond acceptors (Lipinski definition) is 2. The van der Waals surface area contributed by atoms with Gasteiger partial charge in [0.1, 0.15) is 0 Å². The first kappa shape index (κ1) is 11.4. The highest BCUT2D eigenvalue weighted by Gasteiger charge is 2.18. The zero-order valence-corrected chi connectivity index (χ0v) is 9.85. The van der Waals surface area contributed by atoms with Gasteiger partial charge in [0.05, 0.1) is 7.11 Å².